The van der Waals surface area contributed by atoms with Crippen molar-refractivity contribution in [1.29, 1.82) is 0 Å². The highest BCUT2D eigenvalue weighted by Gasteiger charge is 2.42. The molecule has 0 unspecified atom stereocenters. The van der Waals surface area contributed by atoms with Gasteiger partial charge in [0.2, 0.25) is 0 Å². The molecule has 3 rings (SSSR count). The average molecular weight is 412 g/mol. The predicted octanol–water partition coefficient (Wildman–Crippen LogP) is 1.76. The van der Waals surface area contributed by atoms with E-state index in [4.69, 9.17) is 27.9 Å². The first-order valence-electron chi connectivity index (χ1n) is 7.27. The molecule has 0 fully saturated rings. The first-order chi connectivity index (χ1) is 12.8. The summed E-state index contributed by atoms with van der Waals surface area (Å²) in [5.74, 6) is -0.402. The van der Waals surface area contributed by atoms with E-state index < -0.39 is 51.2 Å². The zero-order chi connectivity index (χ0) is 19.8. The van der Waals surface area contributed by atoms with Crippen LogP contribution in [0.15, 0.2) is 24.5 Å². The maximum atomic E-state index is 14.6. The Labute approximate surface area is 158 Å². The highest BCUT2D eigenvalue weighted by atomic mass is 35.5. The molecule has 0 atom stereocenters. The van der Waals surface area contributed by atoms with Gasteiger partial charge < -0.3 is 14.9 Å². The van der Waals surface area contributed by atoms with Gasteiger partial charge in [0.1, 0.15) is 16.4 Å². The third-order valence-corrected chi connectivity index (χ3v) is 5.73. The molecular weight excluding hydrogens is 401 g/mol. The number of aliphatic hydroxyl groups is 2. The van der Waals surface area contributed by atoms with E-state index in [1.807, 2.05) is 0 Å². The summed E-state index contributed by atoms with van der Waals surface area (Å²) in [4.78, 5) is 6.95. The predicted molar refractivity (Wildman–Crippen MR) is 95.7 cm³/mol. The van der Waals surface area contributed by atoms with Crippen molar-refractivity contribution in [3.05, 3.63) is 46.6 Å². The maximum Gasteiger partial charge on any atom is 0.271 e. The fourth-order valence-corrected chi connectivity index (χ4v) is 4.40. The second kappa shape index (κ2) is 7.03. The Balaban J connectivity index is 2.43. The van der Waals surface area contributed by atoms with Crippen molar-refractivity contribution in [2.75, 3.05) is 17.6 Å². The van der Waals surface area contributed by atoms with E-state index in [1.54, 1.807) is 0 Å². The van der Waals surface area contributed by atoms with Gasteiger partial charge in [-0.25, -0.2) is 27.1 Å². The van der Waals surface area contributed by atoms with E-state index in [2.05, 4.69) is 15.9 Å². The second-order valence-corrected chi connectivity index (χ2v) is 7.34. The van der Waals surface area contributed by atoms with E-state index >= 15 is 0 Å². The highest BCUT2D eigenvalue weighted by molar-refractivity contribution is 8.02. The lowest BCUT2D eigenvalue weighted by Gasteiger charge is -2.29. The minimum absolute atomic E-state index is 0.176. The first-order valence-corrected chi connectivity index (χ1v) is 9.09. The Morgan fingerprint density at radius 3 is 2.70 bits per heavy atom. The number of ether oxygens (including phenoxy) is 1. The van der Waals surface area contributed by atoms with Gasteiger partial charge in [-0.1, -0.05) is 17.5 Å². The molecule has 1 aliphatic heterocycles. The summed E-state index contributed by atoms with van der Waals surface area (Å²) in [6.45, 7) is -1.35. The number of hydrogen-bond donors (Lipinski definition) is 2. The van der Waals surface area contributed by atoms with Crippen LogP contribution in [0, 0.1) is 18.2 Å². The molecule has 0 saturated carbocycles. The van der Waals surface area contributed by atoms with Crippen molar-refractivity contribution in [3.63, 3.8) is 0 Å². The molecule has 2 heterocycles. The van der Waals surface area contributed by atoms with Crippen LogP contribution in [0.3, 0.4) is 0 Å². The lowest BCUT2D eigenvalue weighted by molar-refractivity contribution is 0.0980. The molecule has 2 aromatic rings. The van der Waals surface area contributed by atoms with Gasteiger partial charge in [0, 0.05) is 12.4 Å². The molecule has 1 aromatic heterocycles. The van der Waals surface area contributed by atoms with E-state index in [0.717, 1.165) is 12.1 Å². The standard InChI is InChI=1S/C16H11ClFN3O5S/c1-2-7-21-16-12(19-5-6-20-16)13(23)15(27(21,24)25)11-10(18)4-3-9(17)14(11)26-8-22/h1,3-6,22-23H,7-8H2. The average Bonchev–Trinajstić information content (AvgIpc) is 2.64. The van der Waals surface area contributed by atoms with E-state index in [1.165, 1.54) is 12.4 Å². The monoisotopic (exact) mass is 411 g/mol. The summed E-state index contributed by atoms with van der Waals surface area (Å²) >= 11 is 5.96. The number of rotatable bonds is 4. The Hall–Kier alpha value is -2.87. The van der Waals surface area contributed by atoms with Crippen LogP contribution in [0.4, 0.5) is 10.2 Å². The SMILES string of the molecule is C#CCN1c2nccnc2C(O)=C(c2c(F)ccc(Cl)c2OCO)S1(=O)=O. The number of aromatic nitrogens is 2. The van der Waals surface area contributed by atoms with Crippen LogP contribution in [0.2, 0.25) is 5.02 Å². The Morgan fingerprint density at radius 1 is 1.33 bits per heavy atom. The summed E-state index contributed by atoms with van der Waals surface area (Å²) in [6, 6.07) is 2.01. The van der Waals surface area contributed by atoms with Gasteiger partial charge >= 0.3 is 0 Å². The fourth-order valence-electron chi connectivity index (χ4n) is 2.57. The molecule has 11 heteroatoms. The van der Waals surface area contributed by atoms with Crippen molar-refractivity contribution in [2.45, 2.75) is 0 Å². The maximum absolute atomic E-state index is 14.6. The number of benzene rings is 1. The van der Waals surface area contributed by atoms with Gasteiger partial charge in [-0.05, 0) is 12.1 Å². The molecule has 27 heavy (non-hydrogen) atoms. The van der Waals surface area contributed by atoms with E-state index in [9.17, 15) is 17.9 Å². The van der Waals surface area contributed by atoms with E-state index in [-0.39, 0.29) is 16.5 Å². The summed E-state index contributed by atoms with van der Waals surface area (Å²) in [7, 11) is -4.56. The third kappa shape index (κ3) is 2.95. The summed E-state index contributed by atoms with van der Waals surface area (Å²) in [5, 5.41) is 19.5. The highest BCUT2D eigenvalue weighted by Crippen LogP contribution is 2.45. The number of nitrogens with zero attached hydrogens (tertiary/aromatic N) is 3. The minimum Gasteiger partial charge on any atom is -0.504 e. The molecule has 0 amide bonds. The molecule has 2 N–H and O–H groups in total. The summed E-state index contributed by atoms with van der Waals surface area (Å²) in [6.07, 6.45) is 7.69. The number of aliphatic hydroxyl groups excluding tert-OH is 2. The van der Waals surface area contributed by atoms with Crippen LogP contribution in [-0.2, 0) is 10.0 Å². The van der Waals surface area contributed by atoms with Gasteiger partial charge in [0.05, 0.1) is 17.1 Å². The minimum atomic E-state index is -4.56. The van der Waals surface area contributed by atoms with E-state index in [0.29, 0.717) is 4.31 Å². The quantitative estimate of drug-likeness (QED) is 0.582. The van der Waals surface area contributed by atoms with Crippen LogP contribution >= 0.6 is 11.6 Å². The smallest absolute Gasteiger partial charge is 0.271 e. The van der Waals surface area contributed by atoms with Crippen molar-refractivity contribution < 1.29 is 27.8 Å². The van der Waals surface area contributed by atoms with Gasteiger partial charge in [-0.15, -0.1) is 6.42 Å². The fraction of sp³-hybridized carbons (Fsp3) is 0.125. The van der Waals surface area contributed by atoms with Gasteiger partial charge in [-0.2, -0.15) is 0 Å². The zero-order valence-electron chi connectivity index (χ0n) is 13.4. The largest absolute Gasteiger partial charge is 0.504 e. The topological polar surface area (TPSA) is 113 Å². The third-order valence-electron chi connectivity index (χ3n) is 3.63. The molecule has 140 valence electrons. The molecule has 0 aliphatic carbocycles. The number of terminal acetylenes is 1. The van der Waals surface area contributed by atoms with Crippen LogP contribution < -0.4 is 9.04 Å². The van der Waals surface area contributed by atoms with Crippen LogP contribution in [-0.4, -0.2) is 41.9 Å². The van der Waals surface area contributed by atoms with Gasteiger partial charge in [0.25, 0.3) is 10.0 Å². The molecule has 1 aromatic carbocycles. The Bertz CT molecular complexity index is 1100. The van der Waals surface area contributed by atoms with Gasteiger partial charge in [0.15, 0.2) is 24.1 Å². The van der Waals surface area contributed by atoms with Crippen molar-refractivity contribution in [2.24, 2.45) is 0 Å². The Morgan fingerprint density at radius 2 is 2.04 bits per heavy atom. The number of halogens is 2. The molecule has 0 spiro atoms. The van der Waals surface area contributed by atoms with Gasteiger partial charge in [-0.3, -0.25) is 0 Å². The van der Waals surface area contributed by atoms with Crippen LogP contribution in [0.5, 0.6) is 5.75 Å². The molecular formula is C16H11ClFN3O5S. The number of fused-ring (bicyclic) bond motifs is 1. The second-order valence-electron chi connectivity index (χ2n) is 5.13. The molecule has 8 nitrogen and oxygen atoms in total. The van der Waals surface area contributed by atoms with Crippen molar-refractivity contribution in [3.8, 4) is 18.1 Å². The molecule has 0 bridgehead atoms. The number of hydrogen-bond acceptors (Lipinski definition) is 7. The lowest BCUT2D eigenvalue weighted by atomic mass is 10.1. The molecule has 1 aliphatic rings. The number of sulfonamides is 1. The normalized spacial score (nSPS) is 15.3. The molecule has 0 saturated heterocycles. The Kier molecular flexibility index (Phi) is 4.93. The summed E-state index contributed by atoms with van der Waals surface area (Å²) < 4.78 is 46.5. The number of anilines is 1. The lowest BCUT2D eigenvalue weighted by Crippen LogP contribution is -2.37. The van der Waals surface area contributed by atoms with Crippen molar-refractivity contribution in [1.82, 2.24) is 9.97 Å². The van der Waals surface area contributed by atoms with Crippen molar-refractivity contribution >= 4 is 38.1 Å². The van der Waals surface area contributed by atoms with Crippen LogP contribution in [0.1, 0.15) is 11.3 Å². The van der Waals surface area contributed by atoms with Crippen LogP contribution in [0.25, 0.3) is 10.7 Å². The summed E-state index contributed by atoms with van der Waals surface area (Å²) in [5.41, 5.74) is -0.876. The molecule has 0 radical (unpaired) electrons. The zero-order valence-corrected chi connectivity index (χ0v) is 15.0. The first kappa shape index (κ1) is 18.9.